The second kappa shape index (κ2) is 5.93. The number of hydrogen-bond acceptors (Lipinski definition) is 4. The Morgan fingerprint density at radius 1 is 1.38 bits per heavy atom. The smallest absolute Gasteiger partial charge is 0.222 e. The highest BCUT2D eigenvalue weighted by molar-refractivity contribution is 5.76. The van der Waals surface area contributed by atoms with Gasteiger partial charge in [-0.15, -0.1) is 0 Å². The van der Waals surface area contributed by atoms with E-state index in [1.807, 2.05) is 24.0 Å². The van der Waals surface area contributed by atoms with Crippen LogP contribution < -0.4 is 9.47 Å². The minimum atomic E-state index is 0.200. The fraction of sp³-hybridized carbons (Fsp3) is 0.562. The van der Waals surface area contributed by atoms with Gasteiger partial charge in [-0.25, -0.2) is 0 Å². The summed E-state index contributed by atoms with van der Waals surface area (Å²) in [4.78, 5) is 13.7. The highest BCUT2D eigenvalue weighted by Gasteiger charge is 2.25. The summed E-state index contributed by atoms with van der Waals surface area (Å²) in [6, 6.07) is 4.04. The molecule has 114 valence electrons. The standard InChI is InChI=1S/C16H21NO4/c1-3-16(18)17-5-4-11-6-15(21-10-13-9-20-13)14(19-2)7-12(11)8-17/h6-7,13H,3-5,8-10H2,1-2H3. The van der Waals surface area contributed by atoms with Crippen molar-refractivity contribution in [2.45, 2.75) is 32.4 Å². The van der Waals surface area contributed by atoms with E-state index < -0.39 is 0 Å². The molecule has 3 rings (SSSR count). The highest BCUT2D eigenvalue weighted by Crippen LogP contribution is 2.34. The van der Waals surface area contributed by atoms with Crippen molar-refractivity contribution in [3.05, 3.63) is 23.3 Å². The van der Waals surface area contributed by atoms with Gasteiger partial charge in [0.15, 0.2) is 11.5 Å². The normalized spacial score (nSPS) is 19.9. The van der Waals surface area contributed by atoms with E-state index in [4.69, 9.17) is 14.2 Å². The predicted octanol–water partition coefficient (Wildman–Crippen LogP) is 1.77. The molecule has 0 radical (unpaired) electrons. The minimum absolute atomic E-state index is 0.200. The fourth-order valence-electron chi connectivity index (χ4n) is 2.62. The van der Waals surface area contributed by atoms with Gasteiger partial charge in [-0.1, -0.05) is 6.92 Å². The summed E-state index contributed by atoms with van der Waals surface area (Å²) < 4.78 is 16.4. The van der Waals surface area contributed by atoms with E-state index in [0.717, 1.165) is 36.6 Å². The van der Waals surface area contributed by atoms with Crippen molar-refractivity contribution in [1.29, 1.82) is 0 Å². The lowest BCUT2D eigenvalue weighted by Gasteiger charge is -2.29. The molecule has 0 aliphatic carbocycles. The van der Waals surface area contributed by atoms with Crippen LogP contribution in [0.25, 0.3) is 0 Å². The molecular formula is C16H21NO4. The van der Waals surface area contributed by atoms with Gasteiger partial charge in [-0.2, -0.15) is 0 Å². The molecule has 0 spiro atoms. The first-order valence-electron chi connectivity index (χ1n) is 7.43. The van der Waals surface area contributed by atoms with E-state index in [9.17, 15) is 4.79 Å². The maximum Gasteiger partial charge on any atom is 0.222 e. The second-order valence-corrected chi connectivity index (χ2v) is 5.46. The zero-order chi connectivity index (χ0) is 14.8. The highest BCUT2D eigenvalue weighted by atomic mass is 16.6. The molecule has 0 saturated carbocycles. The zero-order valence-corrected chi connectivity index (χ0v) is 12.6. The molecule has 1 fully saturated rings. The Balaban J connectivity index is 1.78. The number of amides is 1. The minimum Gasteiger partial charge on any atom is -0.493 e. The maximum atomic E-state index is 11.8. The van der Waals surface area contributed by atoms with E-state index in [1.165, 1.54) is 5.56 Å². The van der Waals surface area contributed by atoms with Crippen LogP contribution in [-0.4, -0.2) is 43.8 Å². The van der Waals surface area contributed by atoms with Crippen LogP contribution >= 0.6 is 0 Å². The van der Waals surface area contributed by atoms with Crippen LogP contribution in [-0.2, 0) is 22.5 Å². The van der Waals surface area contributed by atoms with Crippen molar-refractivity contribution >= 4 is 5.91 Å². The van der Waals surface area contributed by atoms with Crippen molar-refractivity contribution in [2.75, 3.05) is 26.9 Å². The Morgan fingerprint density at radius 3 is 2.81 bits per heavy atom. The molecule has 1 unspecified atom stereocenters. The van der Waals surface area contributed by atoms with Gasteiger partial charge >= 0.3 is 0 Å². The summed E-state index contributed by atoms with van der Waals surface area (Å²) in [7, 11) is 1.64. The maximum absolute atomic E-state index is 11.8. The van der Waals surface area contributed by atoms with Gasteiger partial charge in [0, 0.05) is 19.5 Å². The topological polar surface area (TPSA) is 51.3 Å². The lowest BCUT2D eigenvalue weighted by atomic mass is 9.98. The average Bonchev–Trinajstić information content (AvgIpc) is 3.34. The molecule has 1 saturated heterocycles. The van der Waals surface area contributed by atoms with Gasteiger partial charge in [0.2, 0.25) is 5.91 Å². The van der Waals surface area contributed by atoms with Gasteiger partial charge in [-0.05, 0) is 29.7 Å². The van der Waals surface area contributed by atoms with E-state index in [1.54, 1.807) is 7.11 Å². The number of carbonyl (C=O) groups is 1. The number of epoxide rings is 1. The third-order valence-electron chi connectivity index (χ3n) is 3.98. The molecule has 2 aliphatic rings. The van der Waals surface area contributed by atoms with Crippen LogP contribution in [0.15, 0.2) is 12.1 Å². The lowest BCUT2D eigenvalue weighted by molar-refractivity contribution is -0.131. The Morgan fingerprint density at radius 2 is 2.14 bits per heavy atom. The van der Waals surface area contributed by atoms with E-state index >= 15 is 0 Å². The molecule has 2 aliphatic heterocycles. The number of ether oxygens (including phenoxy) is 3. The van der Waals surface area contributed by atoms with Crippen LogP contribution in [0.2, 0.25) is 0 Å². The second-order valence-electron chi connectivity index (χ2n) is 5.46. The summed E-state index contributed by atoms with van der Waals surface area (Å²) in [5.74, 6) is 1.69. The molecule has 5 heteroatoms. The molecule has 0 N–H and O–H groups in total. The first-order valence-corrected chi connectivity index (χ1v) is 7.43. The van der Waals surface area contributed by atoms with Crippen molar-refractivity contribution in [2.24, 2.45) is 0 Å². The van der Waals surface area contributed by atoms with Crippen molar-refractivity contribution in [3.8, 4) is 11.5 Å². The number of nitrogens with zero attached hydrogens (tertiary/aromatic N) is 1. The number of hydrogen-bond donors (Lipinski definition) is 0. The van der Waals surface area contributed by atoms with Gasteiger partial charge in [0.05, 0.1) is 13.7 Å². The van der Waals surface area contributed by atoms with Crippen molar-refractivity contribution in [1.82, 2.24) is 4.90 Å². The summed E-state index contributed by atoms with van der Waals surface area (Å²) in [5.41, 5.74) is 2.39. The summed E-state index contributed by atoms with van der Waals surface area (Å²) in [6.07, 6.45) is 1.64. The van der Waals surface area contributed by atoms with E-state index in [2.05, 4.69) is 0 Å². The van der Waals surface area contributed by atoms with Gasteiger partial charge in [-0.3, -0.25) is 4.79 Å². The quantitative estimate of drug-likeness (QED) is 0.776. The molecule has 1 aromatic rings. The fourth-order valence-corrected chi connectivity index (χ4v) is 2.62. The van der Waals surface area contributed by atoms with Crippen molar-refractivity contribution < 1.29 is 19.0 Å². The zero-order valence-electron chi connectivity index (χ0n) is 12.6. The Bertz CT molecular complexity index is 539. The monoisotopic (exact) mass is 291 g/mol. The average molecular weight is 291 g/mol. The Hall–Kier alpha value is -1.75. The van der Waals surface area contributed by atoms with E-state index in [0.29, 0.717) is 19.6 Å². The van der Waals surface area contributed by atoms with Crippen LogP contribution in [0, 0.1) is 0 Å². The first-order chi connectivity index (χ1) is 10.2. The molecule has 21 heavy (non-hydrogen) atoms. The lowest BCUT2D eigenvalue weighted by Crippen LogP contribution is -2.35. The summed E-state index contributed by atoms with van der Waals surface area (Å²) in [6.45, 7) is 4.67. The molecule has 2 heterocycles. The van der Waals surface area contributed by atoms with Crippen LogP contribution in [0.4, 0.5) is 0 Å². The van der Waals surface area contributed by atoms with Crippen molar-refractivity contribution in [3.63, 3.8) is 0 Å². The Kier molecular flexibility index (Phi) is 4.01. The SMILES string of the molecule is CCC(=O)N1CCc2cc(OCC3CO3)c(OC)cc2C1. The molecule has 1 atom stereocenters. The van der Waals surface area contributed by atoms with Crippen LogP contribution in [0.1, 0.15) is 24.5 Å². The molecule has 5 nitrogen and oxygen atoms in total. The number of rotatable bonds is 5. The third kappa shape index (κ3) is 3.13. The largest absolute Gasteiger partial charge is 0.493 e. The predicted molar refractivity (Wildman–Crippen MR) is 77.6 cm³/mol. The van der Waals surface area contributed by atoms with Crippen LogP contribution in [0.5, 0.6) is 11.5 Å². The molecule has 0 aromatic heterocycles. The Labute approximate surface area is 124 Å². The third-order valence-corrected chi connectivity index (χ3v) is 3.98. The number of carbonyl (C=O) groups excluding carboxylic acids is 1. The number of methoxy groups -OCH3 is 1. The van der Waals surface area contributed by atoms with E-state index in [-0.39, 0.29) is 12.0 Å². The van der Waals surface area contributed by atoms with Gasteiger partial charge in [0.1, 0.15) is 12.7 Å². The van der Waals surface area contributed by atoms with Crippen LogP contribution in [0.3, 0.4) is 0 Å². The summed E-state index contributed by atoms with van der Waals surface area (Å²) >= 11 is 0. The summed E-state index contributed by atoms with van der Waals surface area (Å²) in [5, 5.41) is 0. The molecular weight excluding hydrogens is 270 g/mol. The first kappa shape index (κ1) is 14.2. The molecule has 1 amide bonds. The number of benzene rings is 1. The van der Waals surface area contributed by atoms with Gasteiger partial charge < -0.3 is 19.1 Å². The molecule has 0 bridgehead atoms. The van der Waals surface area contributed by atoms with Gasteiger partial charge in [0.25, 0.3) is 0 Å². The molecule has 1 aromatic carbocycles. The number of fused-ring (bicyclic) bond motifs is 1.